The maximum Gasteiger partial charge on any atom is 0.249 e. The van der Waals surface area contributed by atoms with Crippen molar-refractivity contribution in [3.05, 3.63) is 96.3 Å². The number of amidine groups is 1. The van der Waals surface area contributed by atoms with E-state index in [2.05, 4.69) is 4.99 Å². The van der Waals surface area contributed by atoms with Crippen molar-refractivity contribution < 1.29 is 9.18 Å². The van der Waals surface area contributed by atoms with Gasteiger partial charge in [0.05, 0.1) is 0 Å². The Kier molecular flexibility index (Phi) is 5.03. The number of carbonyl (C=O) groups is 1. The van der Waals surface area contributed by atoms with Crippen molar-refractivity contribution in [2.75, 3.05) is 4.90 Å². The lowest BCUT2D eigenvalue weighted by atomic mass is 10.1. The minimum atomic E-state index is -0.299. The van der Waals surface area contributed by atoms with Crippen molar-refractivity contribution in [3.8, 4) is 0 Å². The van der Waals surface area contributed by atoms with Gasteiger partial charge in [0.25, 0.3) is 0 Å². The molecule has 1 heterocycles. The van der Waals surface area contributed by atoms with Gasteiger partial charge >= 0.3 is 0 Å². The topological polar surface area (TPSA) is 32.7 Å². The molecule has 0 spiro atoms. The summed E-state index contributed by atoms with van der Waals surface area (Å²) in [4.78, 5) is 18.7. The minimum absolute atomic E-state index is 0.171. The molecule has 0 aliphatic carbocycles. The lowest BCUT2D eigenvalue weighted by Crippen LogP contribution is -2.28. The van der Waals surface area contributed by atoms with Crippen LogP contribution in [0.4, 0.5) is 15.8 Å². The van der Waals surface area contributed by atoms with Gasteiger partial charge in [-0.3, -0.25) is 9.69 Å². The number of carbonyl (C=O) groups excluding carboxylic acids is 1. The summed E-state index contributed by atoms with van der Waals surface area (Å²) in [7, 11) is 0. The average molecular weight is 376 g/mol. The molecule has 1 aliphatic rings. The molecule has 3 aromatic carbocycles. The van der Waals surface area contributed by atoms with Gasteiger partial charge in [0.15, 0.2) is 5.17 Å². The number of thioether (sulfide) groups is 1. The van der Waals surface area contributed by atoms with Crippen molar-refractivity contribution in [3.63, 3.8) is 0 Å². The molecule has 1 amide bonds. The predicted molar refractivity (Wildman–Crippen MR) is 109 cm³/mol. The van der Waals surface area contributed by atoms with Gasteiger partial charge in [-0.25, -0.2) is 4.39 Å². The molecule has 0 radical (unpaired) electrons. The van der Waals surface area contributed by atoms with Gasteiger partial charge in [0, 0.05) is 23.0 Å². The first-order valence-electron chi connectivity index (χ1n) is 8.64. The number of hydrogen-bond acceptors (Lipinski definition) is 3. The fourth-order valence-corrected chi connectivity index (χ4v) is 4.26. The number of hydrogen-bond donors (Lipinski definition) is 0. The maximum absolute atomic E-state index is 13.7. The Labute approximate surface area is 161 Å². The third-order valence-corrected chi connectivity index (χ3v) is 5.48. The summed E-state index contributed by atoms with van der Waals surface area (Å²) < 4.78 is 13.7. The Morgan fingerprint density at radius 1 is 0.889 bits per heavy atom. The number of benzene rings is 3. The average Bonchev–Trinajstić information content (AvgIpc) is 2.69. The van der Waals surface area contributed by atoms with Crippen molar-refractivity contribution in [1.82, 2.24) is 0 Å². The normalized spacial score (nSPS) is 16.7. The number of rotatable bonds is 3. The molecule has 27 heavy (non-hydrogen) atoms. The highest BCUT2D eigenvalue weighted by Gasteiger charge is 2.29. The first kappa shape index (κ1) is 17.5. The van der Waals surface area contributed by atoms with Gasteiger partial charge < -0.3 is 0 Å². The zero-order valence-corrected chi connectivity index (χ0v) is 15.3. The molecule has 0 unspecified atom stereocenters. The number of anilines is 2. The second-order valence-electron chi connectivity index (χ2n) is 6.16. The number of aliphatic imine (C=N–C) groups is 1. The first-order chi connectivity index (χ1) is 13.2. The largest absolute Gasteiger partial charge is 0.289 e. The van der Waals surface area contributed by atoms with Gasteiger partial charge in [-0.2, -0.15) is 4.99 Å². The van der Waals surface area contributed by atoms with Crippen LogP contribution in [0.5, 0.6) is 0 Å². The smallest absolute Gasteiger partial charge is 0.249 e. The summed E-state index contributed by atoms with van der Waals surface area (Å²) in [5.41, 5.74) is 2.63. The highest BCUT2D eigenvalue weighted by Crippen LogP contribution is 2.41. The Hall–Kier alpha value is -2.92. The van der Waals surface area contributed by atoms with Crippen LogP contribution in [0, 0.1) is 5.82 Å². The number of para-hydroxylation sites is 2. The molecule has 3 aromatic rings. The Balaban J connectivity index is 1.74. The molecular formula is C22H17FN2OS. The molecule has 1 atom stereocenters. The standard InChI is InChI=1S/C22H17FN2OS/c23-17-9-7-8-16(14-17)20-15-21(26)24-22(27-20)25(18-10-3-1-4-11-18)19-12-5-2-6-13-19/h1-14,20H,15H2/t20-/m0/s1. The van der Waals surface area contributed by atoms with Gasteiger partial charge in [0.1, 0.15) is 5.82 Å². The molecule has 0 aromatic heterocycles. The number of nitrogens with zero attached hydrogens (tertiary/aromatic N) is 2. The van der Waals surface area contributed by atoms with Crippen molar-refractivity contribution in [2.24, 2.45) is 4.99 Å². The molecule has 3 nitrogen and oxygen atoms in total. The van der Waals surface area contributed by atoms with E-state index in [0.29, 0.717) is 5.17 Å². The van der Waals surface area contributed by atoms with Crippen molar-refractivity contribution >= 4 is 34.2 Å². The molecule has 4 rings (SSSR count). The Morgan fingerprint density at radius 2 is 1.52 bits per heavy atom. The van der Waals surface area contributed by atoms with E-state index in [9.17, 15) is 9.18 Å². The third kappa shape index (κ3) is 3.93. The Morgan fingerprint density at radius 3 is 2.11 bits per heavy atom. The minimum Gasteiger partial charge on any atom is -0.289 e. The van der Waals surface area contributed by atoms with Crippen LogP contribution in [0.25, 0.3) is 0 Å². The summed E-state index contributed by atoms with van der Waals surface area (Å²) in [6, 6.07) is 26.0. The van der Waals surface area contributed by atoms with E-state index in [0.717, 1.165) is 16.9 Å². The lowest BCUT2D eigenvalue weighted by molar-refractivity contribution is -0.117. The maximum atomic E-state index is 13.7. The van der Waals surface area contributed by atoms with Crippen LogP contribution in [0.1, 0.15) is 17.2 Å². The summed E-state index contributed by atoms with van der Waals surface area (Å²) in [5, 5.41) is 0.425. The van der Waals surface area contributed by atoms with Gasteiger partial charge in [-0.15, -0.1) is 0 Å². The molecule has 0 saturated carbocycles. The van der Waals surface area contributed by atoms with Crippen LogP contribution in [0.15, 0.2) is 89.9 Å². The summed E-state index contributed by atoms with van der Waals surface area (Å²) in [5.74, 6) is -0.498. The lowest BCUT2D eigenvalue weighted by Gasteiger charge is -2.30. The molecule has 1 aliphatic heterocycles. The quantitative estimate of drug-likeness (QED) is 0.586. The number of halogens is 1. The molecule has 0 N–H and O–H groups in total. The zero-order valence-electron chi connectivity index (χ0n) is 14.5. The molecule has 134 valence electrons. The second-order valence-corrected chi connectivity index (χ2v) is 7.33. The molecule has 0 fully saturated rings. The van der Waals surface area contributed by atoms with E-state index in [4.69, 9.17) is 0 Å². The fraction of sp³-hybridized carbons (Fsp3) is 0.0909. The van der Waals surface area contributed by atoms with Crippen LogP contribution in [-0.4, -0.2) is 11.1 Å². The highest BCUT2D eigenvalue weighted by atomic mass is 32.2. The molecule has 0 bridgehead atoms. The zero-order chi connectivity index (χ0) is 18.6. The van der Waals surface area contributed by atoms with Crippen LogP contribution >= 0.6 is 11.8 Å². The second kappa shape index (κ2) is 7.76. The highest BCUT2D eigenvalue weighted by molar-refractivity contribution is 8.14. The van der Waals surface area contributed by atoms with Crippen molar-refractivity contribution in [1.29, 1.82) is 0 Å². The van der Waals surface area contributed by atoms with E-state index in [-0.39, 0.29) is 23.4 Å². The van der Waals surface area contributed by atoms with Crippen LogP contribution in [0.2, 0.25) is 0 Å². The Bertz CT molecular complexity index is 936. The first-order valence-corrected chi connectivity index (χ1v) is 9.52. The third-order valence-electron chi connectivity index (χ3n) is 4.27. The summed E-state index contributed by atoms with van der Waals surface area (Å²) >= 11 is 1.48. The predicted octanol–water partition coefficient (Wildman–Crippen LogP) is 5.72. The fourth-order valence-electron chi connectivity index (χ4n) is 3.03. The monoisotopic (exact) mass is 376 g/mol. The van der Waals surface area contributed by atoms with E-state index >= 15 is 0 Å². The number of amides is 1. The van der Waals surface area contributed by atoms with Crippen LogP contribution < -0.4 is 4.90 Å². The molecule has 0 saturated heterocycles. The van der Waals surface area contributed by atoms with E-state index in [1.165, 1.54) is 23.9 Å². The van der Waals surface area contributed by atoms with Crippen LogP contribution in [-0.2, 0) is 4.79 Å². The molecular weight excluding hydrogens is 359 g/mol. The van der Waals surface area contributed by atoms with Gasteiger partial charge in [0.2, 0.25) is 5.91 Å². The van der Waals surface area contributed by atoms with E-state index < -0.39 is 0 Å². The SMILES string of the molecule is O=C1C[C@@H](c2cccc(F)c2)SC(N(c2ccccc2)c2ccccc2)=N1. The van der Waals surface area contributed by atoms with Crippen LogP contribution in [0.3, 0.4) is 0 Å². The summed E-state index contributed by atoms with van der Waals surface area (Å²) in [6.07, 6.45) is 0.259. The van der Waals surface area contributed by atoms with Gasteiger partial charge in [-0.1, -0.05) is 60.3 Å². The van der Waals surface area contributed by atoms with E-state index in [1.54, 1.807) is 6.07 Å². The molecule has 5 heteroatoms. The van der Waals surface area contributed by atoms with Gasteiger partial charge in [-0.05, 0) is 42.0 Å². The summed E-state index contributed by atoms with van der Waals surface area (Å²) in [6.45, 7) is 0. The van der Waals surface area contributed by atoms with E-state index in [1.807, 2.05) is 71.6 Å². The van der Waals surface area contributed by atoms with Crippen molar-refractivity contribution in [2.45, 2.75) is 11.7 Å².